The molecule has 14 heteroatoms. The number of nitrogens with zero attached hydrogens (tertiary/aromatic N) is 5. The average Bonchev–Trinajstić information content (AvgIpc) is 3.74. The second kappa shape index (κ2) is 11.3. The molecule has 208 valence electrons. The molecule has 1 aromatic carbocycles. The molecule has 3 N–H and O–H groups in total. The molecule has 6 rings (SSSR count). The number of carbonyl (C=O) groups is 2. The highest BCUT2D eigenvalue weighted by Crippen LogP contribution is 2.46. The van der Waals surface area contributed by atoms with Crippen molar-refractivity contribution < 1.29 is 28.9 Å². The lowest BCUT2D eigenvalue weighted by Gasteiger charge is -2.21. The molecule has 3 aromatic heterocycles. The number of thiazole rings is 1. The quantitative estimate of drug-likeness (QED) is 0.274. The van der Waals surface area contributed by atoms with Crippen LogP contribution in [0.4, 0.5) is 10.6 Å². The van der Waals surface area contributed by atoms with E-state index in [1.807, 2.05) is 37.3 Å². The summed E-state index contributed by atoms with van der Waals surface area (Å²) in [6.45, 7) is 2.29. The molecular formula is C26H27N7O6S. The van der Waals surface area contributed by atoms with E-state index < -0.39 is 30.6 Å². The van der Waals surface area contributed by atoms with E-state index >= 15 is 0 Å². The Labute approximate surface area is 232 Å². The first-order valence-corrected chi connectivity index (χ1v) is 13.8. The van der Waals surface area contributed by atoms with Gasteiger partial charge in [-0.15, -0.1) is 11.3 Å². The Hall–Kier alpha value is -3.98. The molecule has 0 spiro atoms. The number of carboxylic acids is 1. The molecule has 0 aliphatic carbocycles. The van der Waals surface area contributed by atoms with E-state index in [1.54, 1.807) is 16.4 Å². The lowest BCUT2D eigenvalue weighted by molar-refractivity contribution is -0.148. The standard InChI is InChI=1S/C26H27N7O6S/c1-2-27-26(36)32-21-17-22(29-11-28-21)33(12-30-17)23-19-18(38-25(39-19)14-7-4-3-5-8-14)16(37-23)10-6-9-15-20(24(34)35)40-13-31-15/h3-5,7-8,11-13,16,18-19,23,25H,2,6,9-10H2,1H3,(H,34,35)(H2,27,28,29,32,36)/t16?,18?,19?,23?,25-/m0/s1. The number of fused-ring (bicyclic) bond motifs is 2. The van der Waals surface area contributed by atoms with Gasteiger partial charge in [0.25, 0.3) is 0 Å². The van der Waals surface area contributed by atoms with Gasteiger partial charge in [-0.3, -0.25) is 9.88 Å². The van der Waals surface area contributed by atoms with E-state index in [0.29, 0.717) is 42.7 Å². The van der Waals surface area contributed by atoms with Gasteiger partial charge in [0.05, 0.1) is 23.6 Å². The molecule has 0 saturated carbocycles. The van der Waals surface area contributed by atoms with Gasteiger partial charge in [-0.1, -0.05) is 30.3 Å². The highest BCUT2D eigenvalue weighted by atomic mass is 32.1. The number of imidazole rings is 1. The first-order valence-electron chi connectivity index (χ1n) is 12.9. The number of urea groups is 1. The van der Waals surface area contributed by atoms with Crippen LogP contribution in [0, 0.1) is 0 Å². The van der Waals surface area contributed by atoms with Gasteiger partial charge in [0, 0.05) is 12.1 Å². The summed E-state index contributed by atoms with van der Waals surface area (Å²) in [6, 6.07) is 9.30. The van der Waals surface area contributed by atoms with Crippen molar-refractivity contribution in [1.82, 2.24) is 29.8 Å². The number of amides is 2. The smallest absolute Gasteiger partial charge is 0.347 e. The number of carbonyl (C=O) groups excluding carboxylic acids is 1. The Kier molecular flexibility index (Phi) is 7.38. The Morgan fingerprint density at radius 2 is 1.90 bits per heavy atom. The zero-order chi connectivity index (χ0) is 27.6. The van der Waals surface area contributed by atoms with Gasteiger partial charge < -0.3 is 24.6 Å². The number of nitrogens with one attached hydrogen (secondary N) is 2. The monoisotopic (exact) mass is 565 g/mol. The van der Waals surface area contributed by atoms with Gasteiger partial charge in [0.15, 0.2) is 29.5 Å². The van der Waals surface area contributed by atoms with E-state index in [4.69, 9.17) is 14.2 Å². The number of hydrogen-bond donors (Lipinski definition) is 3. The van der Waals surface area contributed by atoms with E-state index in [-0.39, 0.29) is 22.9 Å². The average molecular weight is 566 g/mol. The van der Waals surface area contributed by atoms with Gasteiger partial charge in [-0.2, -0.15) is 0 Å². The summed E-state index contributed by atoms with van der Waals surface area (Å²) in [5, 5.41) is 14.8. The first-order chi connectivity index (χ1) is 19.5. The fraction of sp³-hybridized carbons (Fsp3) is 0.385. The van der Waals surface area contributed by atoms with E-state index in [9.17, 15) is 14.7 Å². The molecule has 2 amide bonds. The first kappa shape index (κ1) is 26.3. The normalized spacial score (nSPS) is 23.8. The van der Waals surface area contributed by atoms with E-state index in [0.717, 1.165) is 16.9 Å². The van der Waals surface area contributed by atoms with Gasteiger partial charge in [0.2, 0.25) is 0 Å². The van der Waals surface area contributed by atoms with Crippen LogP contribution in [0.2, 0.25) is 0 Å². The minimum Gasteiger partial charge on any atom is -0.477 e. The van der Waals surface area contributed by atoms with Crippen molar-refractivity contribution in [3.8, 4) is 0 Å². The van der Waals surface area contributed by atoms with Gasteiger partial charge >= 0.3 is 12.0 Å². The van der Waals surface area contributed by atoms with Crippen molar-refractivity contribution in [2.45, 2.75) is 57.0 Å². The third kappa shape index (κ3) is 5.01. The van der Waals surface area contributed by atoms with Crippen molar-refractivity contribution >= 4 is 40.3 Å². The number of ether oxygens (including phenoxy) is 3. The molecule has 4 unspecified atom stereocenters. The highest BCUT2D eigenvalue weighted by Gasteiger charge is 2.53. The highest BCUT2D eigenvalue weighted by molar-refractivity contribution is 7.11. The van der Waals surface area contributed by atoms with Crippen LogP contribution in [0.1, 0.15) is 53.2 Å². The van der Waals surface area contributed by atoms with Gasteiger partial charge in [-0.25, -0.2) is 29.5 Å². The van der Waals surface area contributed by atoms with Crippen molar-refractivity contribution in [1.29, 1.82) is 0 Å². The minimum atomic E-state index is -0.969. The molecule has 2 aliphatic rings. The lowest BCUT2D eigenvalue weighted by Crippen LogP contribution is -2.29. The summed E-state index contributed by atoms with van der Waals surface area (Å²) in [5.74, 6) is -0.688. The fourth-order valence-electron chi connectivity index (χ4n) is 5.09. The van der Waals surface area contributed by atoms with Crippen LogP contribution in [-0.2, 0) is 20.6 Å². The molecule has 2 saturated heterocycles. The summed E-state index contributed by atoms with van der Waals surface area (Å²) in [6.07, 6.45) is 2.37. The zero-order valence-electron chi connectivity index (χ0n) is 21.5. The van der Waals surface area contributed by atoms with Crippen LogP contribution in [0.5, 0.6) is 0 Å². The van der Waals surface area contributed by atoms with Crippen LogP contribution < -0.4 is 10.6 Å². The van der Waals surface area contributed by atoms with Crippen LogP contribution in [0.3, 0.4) is 0 Å². The molecular weight excluding hydrogens is 538 g/mol. The summed E-state index contributed by atoms with van der Waals surface area (Å²) in [7, 11) is 0. The SMILES string of the molecule is CCNC(=O)Nc1ncnc2c1ncn2C1OC(CCCc2ncsc2C(=O)O)C2O[C@H](c3ccccc3)OC21. The van der Waals surface area contributed by atoms with Crippen LogP contribution >= 0.6 is 11.3 Å². The summed E-state index contributed by atoms with van der Waals surface area (Å²) >= 11 is 1.12. The number of aromatic nitrogens is 5. The Balaban J connectivity index is 1.25. The largest absolute Gasteiger partial charge is 0.477 e. The summed E-state index contributed by atoms with van der Waals surface area (Å²) < 4.78 is 21.1. The second-order valence-electron chi connectivity index (χ2n) is 9.37. The molecule has 5 heterocycles. The Morgan fingerprint density at radius 3 is 2.70 bits per heavy atom. The van der Waals surface area contributed by atoms with E-state index in [2.05, 4.69) is 30.6 Å². The maximum atomic E-state index is 12.1. The topological polar surface area (TPSA) is 163 Å². The maximum absolute atomic E-state index is 12.1. The van der Waals surface area contributed by atoms with E-state index in [1.165, 1.54) is 6.33 Å². The molecule has 0 radical (unpaired) electrons. The number of benzene rings is 1. The van der Waals surface area contributed by atoms with Crippen LogP contribution in [0.25, 0.3) is 11.2 Å². The molecule has 4 aromatic rings. The fourth-order valence-corrected chi connectivity index (χ4v) is 5.77. The number of carboxylic acid groups (broad SMARTS) is 1. The zero-order valence-corrected chi connectivity index (χ0v) is 22.3. The Morgan fingerprint density at radius 1 is 1.07 bits per heavy atom. The number of anilines is 1. The molecule has 2 aliphatic heterocycles. The third-order valence-electron chi connectivity index (χ3n) is 6.86. The number of aryl methyl sites for hydroxylation is 1. The second-order valence-corrected chi connectivity index (χ2v) is 10.2. The molecule has 2 fully saturated rings. The summed E-state index contributed by atoms with van der Waals surface area (Å²) in [5.41, 5.74) is 3.91. The maximum Gasteiger partial charge on any atom is 0.347 e. The van der Waals surface area contributed by atoms with Gasteiger partial charge in [0.1, 0.15) is 23.4 Å². The number of aromatic carboxylic acids is 1. The molecule has 40 heavy (non-hydrogen) atoms. The molecule has 13 nitrogen and oxygen atoms in total. The van der Waals surface area contributed by atoms with Gasteiger partial charge in [-0.05, 0) is 26.2 Å². The van der Waals surface area contributed by atoms with Crippen LogP contribution in [0.15, 0.2) is 48.5 Å². The Bertz CT molecular complexity index is 1510. The predicted octanol–water partition coefficient (Wildman–Crippen LogP) is 3.53. The number of hydrogen-bond acceptors (Lipinski definition) is 10. The summed E-state index contributed by atoms with van der Waals surface area (Å²) in [4.78, 5) is 41.2. The number of rotatable bonds is 9. The lowest BCUT2D eigenvalue weighted by atomic mass is 10.0. The minimum absolute atomic E-state index is 0.259. The molecule has 5 atom stereocenters. The van der Waals surface area contributed by atoms with Crippen molar-refractivity contribution in [2.75, 3.05) is 11.9 Å². The van der Waals surface area contributed by atoms with Crippen molar-refractivity contribution in [3.05, 3.63) is 64.6 Å². The molecule has 0 bridgehead atoms. The third-order valence-corrected chi connectivity index (χ3v) is 7.72. The van der Waals surface area contributed by atoms with Crippen molar-refractivity contribution in [3.63, 3.8) is 0 Å². The van der Waals surface area contributed by atoms with Crippen LogP contribution in [-0.4, -0.2) is 66.5 Å². The predicted molar refractivity (Wildman–Crippen MR) is 143 cm³/mol. The van der Waals surface area contributed by atoms with Crippen molar-refractivity contribution in [2.24, 2.45) is 0 Å².